The fraction of sp³-hybridized carbons (Fsp3) is 0.667. The fourth-order valence-corrected chi connectivity index (χ4v) is 2.12. The lowest BCUT2D eigenvalue weighted by Crippen LogP contribution is -2.29. The summed E-state index contributed by atoms with van der Waals surface area (Å²) in [7, 11) is 0. The van der Waals surface area contributed by atoms with Crippen LogP contribution in [0.4, 0.5) is 0 Å². The molecule has 0 aromatic carbocycles. The van der Waals surface area contributed by atoms with Gasteiger partial charge in [0.2, 0.25) is 5.91 Å². The van der Waals surface area contributed by atoms with E-state index in [0.717, 1.165) is 17.4 Å². The number of carbonyl (C=O) groups is 1. The summed E-state index contributed by atoms with van der Waals surface area (Å²) in [6.07, 6.45) is 2.29. The third kappa shape index (κ3) is 4.10. The van der Waals surface area contributed by atoms with E-state index in [1.165, 1.54) is 6.42 Å². The van der Waals surface area contributed by atoms with Crippen LogP contribution in [-0.4, -0.2) is 24.2 Å². The van der Waals surface area contributed by atoms with Gasteiger partial charge in [0.25, 0.3) is 0 Å². The highest BCUT2D eigenvalue weighted by molar-refractivity contribution is 5.76. The summed E-state index contributed by atoms with van der Waals surface area (Å²) in [5, 5.41) is 11.7. The number of nitrogens with one attached hydrogen (secondary N) is 1. The Morgan fingerprint density at radius 1 is 1.58 bits per heavy atom. The summed E-state index contributed by atoms with van der Waals surface area (Å²) in [6.45, 7) is 4.75. The van der Waals surface area contributed by atoms with E-state index in [0.29, 0.717) is 25.3 Å². The van der Waals surface area contributed by atoms with Gasteiger partial charge in [-0.1, -0.05) is 13.8 Å². The van der Waals surface area contributed by atoms with Crippen LogP contribution in [0.5, 0.6) is 0 Å². The van der Waals surface area contributed by atoms with Gasteiger partial charge in [0.1, 0.15) is 11.5 Å². The van der Waals surface area contributed by atoms with Crippen molar-refractivity contribution in [3.05, 3.63) is 23.7 Å². The molecule has 1 amide bonds. The molecule has 0 bridgehead atoms. The molecule has 0 spiro atoms. The molecule has 1 saturated carbocycles. The first-order valence-corrected chi connectivity index (χ1v) is 7.06. The van der Waals surface area contributed by atoms with Gasteiger partial charge in [0, 0.05) is 31.9 Å². The highest BCUT2D eigenvalue weighted by Gasteiger charge is 2.36. The Morgan fingerprint density at radius 2 is 2.32 bits per heavy atom. The lowest BCUT2D eigenvalue weighted by Gasteiger charge is -2.08. The first-order chi connectivity index (χ1) is 9.10. The van der Waals surface area contributed by atoms with Crippen molar-refractivity contribution in [3.63, 3.8) is 0 Å². The lowest BCUT2D eigenvalue weighted by atomic mass is 10.2. The molecule has 1 aromatic rings. The van der Waals surface area contributed by atoms with Gasteiger partial charge in [-0.15, -0.1) is 0 Å². The largest absolute Gasteiger partial charge is 0.466 e. The predicted molar refractivity (Wildman–Crippen MR) is 72.8 cm³/mol. The molecular weight excluding hydrogens is 242 g/mol. The van der Waals surface area contributed by atoms with Crippen LogP contribution in [0.15, 0.2) is 16.5 Å². The maximum atomic E-state index is 11.6. The van der Waals surface area contributed by atoms with Crippen LogP contribution in [0, 0.1) is 11.8 Å². The average molecular weight is 265 g/mol. The monoisotopic (exact) mass is 265 g/mol. The molecule has 1 aliphatic carbocycles. The third-order valence-corrected chi connectivity index (χ3v) is 3.72. The Morgan fingerprint density at radius 3 is 2.95 bits per heavy atom. The summed E-state index contributed by atoms with van der Waals surface area (Å²) in [4.78, 5) is 11.6. The van der Waals surface area contributed by atoms with Gasteiger partial charge >= 0.3 is 0 Å². The molecule has 1 fully saturated rings. The number of aliphatic hydroxyl groups is 1. The minimum atomic E-state index is 0.0121. The molecule has 0 aliphatic heterocycles. The van der Waals surface area contributed by atoms with Crippen LogP contribution in [-0.2, 0) is 11.2 Å². The Balaban J connectivity index is 1.70. The summed E-state index contributed by atoms with van der Waals surface area (Å²) >= 11 is 0. The van der Waals surface area contributed by atoms with Gasteiger partial charge < -0.3 is 14.8 Å². The third-order valence-electron chi connectivity index (χ3n) is 3.72. The minimum Gasteiger partial charge on any atom is -0.466 e. The molecule has 3 atom stereocenters. The Bertz CT molecular complexity index is 427. The molecule has 0 radical (unpaired) electrons. The van der Waals surface area contributed by atoms with Crippen LogP contribution < -0.4 is 5.32 Å². The highest BCUT2D eigenvalue weighted by atomic mass is 16.3. The molecule has 4 nitrogen and oxygen atoms in total. The zero-order chi connectivity index (χ0) is 13.8. The number of hydrogen-bond acceptors (Lipinski definition) is 3. The Hall–Kier alpha value is -1.29. The van der Waals surface area contributed by atoms with E-state index < -0.39 is 0 Å². The van der Waals surface area contributed by atoms with Crippen LogP contribution in [0.25, 0.3) is 0 Å². The van der Waals surface area contributed by atoms with Crippen LogP contribution in [0.2, 0.25) is 0 Å². The van der Waals surface area contributed by atoms with Crippen molar-refractivity contribution < 1.29 is 14.3 Å². The van der Waals surface area contributed by atoms with E-state index >= 15 is 0 Å². The molecule has 3 unspecified atom stereocenters. The van der Waals surface area contributed by atoms with Gasteiger partial charge in [-0.3, -0.25) is 4.79 Å². The first-order valence-electron chi connectivity index (χ1n) is 7.06. The number of aliphatic hydroxyl groups excluding tert-OH is 1. The molecule has 2 N–H and O–H groups in total. The standard InChI is InChI=1S/C15H23NO3/c1-10(9-17)8-16-15(18)6-4-12-3-5-14(19-12)13-7-11(13)2/h3,5,10-11,13,17H,4,6-9H2,1-2H3,(H,16,18). The number of carbonyl (C=O) groups excluding carboxylic acids is 1. The van der Waals surface area contributed by atoms with Crippen LogP contribution >= 0.6 is 0 Å². The lowest BCUT2D eigenvalue weighted by molar-refractivity contribution is -0.121. The molecule has 1 heterocycles. The van der Waals surface area contributed by atoms with Crippen molar-refractivity contribution in [3.8, 4) is 0 Å². The number of hydrogen-bond donors (Lipinski definition) is 2. The summed E-state index contributed by atoms with van der Waals surface area (Å²) < 4.78 is 5.76. The van der Waals surface area contributed by atoms with Crippen molar-refractivity contribution >= 4 is 5.91 Å². The molecular formula is C15H23NO3. The minimum absolute atomic E-state index is 0.0121. The highest BCUT2D eigenvalue weighted by Crippen LogP contribution is 2.47. The second-order valence-corrected chi connectivity index (χ2v) is 5.72. The van der Waals surface area contributed by atoms with Gasteiger partial charge in [-0.25, -0.2) is 0 Å². The summed E-state index contributed by atoms with van der Waals surface area (Å²) in [5.41, 5.74) is 0. The fourth-order valence-electron chi connectivity index (χ4n) is 2.12. The van der Waals surface area contributed by atoms with E-state index in [1.54, 1.807) is 0 Å². The Kier molecular flexibility index (Phi) is 4.64. The smallest absolute Gasteiger partial charge is 0.220 e. The number of furan rings is 1. The van der Waals surface area contributed by atoms with Crippen molar-refractivity contribution in [1.29, 1.82) is 0 Å². The normalized spacial score (nSPS) is 23.1. The molecule has 2 rings (SSSR count). The van der Waals surface area contributed by atoms with E-state index in [9.17, 15) is 4.79 Å². The van der Waals surface area contributed by atoms with Crippen molar-refractivity contribution in [1.82, 2.24) is 5.32 Å². The van der Waals surface area contributed by atoms with Crippen molar-refractivity contribution in [2.45, 2.75) is 39.0 Å². The van der Waals surface area contributed by atoms with E-state index in [4.69, 9.17) is 9.52 Å². The zero-order valence-corrected chi connectivity index (χ0v) is 11.7. The van der Waals surface area contributed by atoms with Gasteiger partial charge in [-0.05, 0) is 30.4 Å². The molecule has 0 saturated heterocycles. The average Bonchev–Trinajstić information content (AvgIpc) is 2.95. The maximum Gasteiger partial charge on any atom is 0.220 e. The topological polar surface area (TPSA) is 62.5 Å². The first kappa shape index (κ1) is 14.1. The van der Waals surface area contributed by atoms with Crippen molar-refractivity contribution in [2.75, 3.05) is 13.2 Å². The SMILES string of the molecule is CC(CO)CNC(=O)CCc1ccc(C2CC2C)o1. The van der Waals surface area contributed by atoms with E-state index in [1.807, 2.05) is 19.1 Å². The molecule has 1 aromatic heterocycles. The van der Waals surface area contributed by atoms with Gasteiger partial charge in [-0.2, -0.15) is 0 Å². The van der Waals surface area contributed by atoms with E-state index in [2.05, 4.69) is 12.2 Å². The molecule has 19 heavy (non-hydrogen) atoms. The van der Waals surface area contributed by atoms with Gasteiger partial charge in [0.15, 0.2) is 0 Å². The number of amides is 1. The van der Waals surface area contributed by atoms with Crippen molar-refractivity contribution in [2.24, 2.45) is 11.8 Å². The van der Waals surface area contributed by atoms with Crippen LogP contribution in [0.1, 0.15) is 44.1 Å². The summed E-state index contributed by atoms with van der Waals surface area (Å²) in [6, 6.07) is 4.01. The second kappa shape index (κ2) is 6.24. The maximum absolute atomic E-state index is 11.6. The predicted octanol–water partition coefficient (Wildman–Crippen LogP) is 2.08. The Labute approximate surface area is 114 Å². The zero-order valence-electron chi connectivity index (χ0n) is 11.7. The summed E-state index contributed by atoms with van der Waals surface area (Å²) in [5.74, 6) is 3.40. The molecule has 1 aliphatic rings. The second-order valence-electron chi connectivity index (χ2n) is 5.72. The van der Waals surface area contributed by atoms with E-state index in [-0.39, 0.29) is 18.4 Å². The van der Waals surface area contributed by atoms with Gasteiger partial charge in [0.05, 0.1) is 0 Å². The van der Waals surface area contributed by atoms with Crippen LogP contribution in [0.3, 0.4) is 0 Å². The quantitative estimate of drug-likeness (QED) is 0.793. The number of rotatable bonds is 7. The molecule has 4 heteroatoms. The molecule has 106 valence electrons. The number of aryl methyl sites for hydroxylation is 1.